The summed E-state index contributed by atoms with van der Waals surface area (Å²) >= 11 is 0. The third-order valence-electron chi connectivity index (χ3n) is 7.59. The lowest BCUT2D eigenvalue weighted by Gasteiger charge is -2.11. The van der Waals surface area contributed by atoms with E-state index in [1.54, 1.807) is 24.3 Å². The highest BCUT2D eigenvalue weighted by Gasteiger charge is 2.28. The summed E-state index contributed by atoms with van der Waals surface area (Å²) in [5.41, 5.74) is 2.84. The van der Waals surface area contributed by atoms with Crippen molar-refractivity contribution in [1.82, 2.24) is 10.6 Å². The summed E-state index contributed by atoms with van der Waals surface area (Å²) in [7, 11) is 0. The first kappa shape index (κ1) is 30.1. The van der Waals surface area contributed by atoms with Crippen molar-refractivity contribution in [2.75, 3.05) is 13.2 Å². The maximum Gasteiger partial charge on any atom is 0.323 e. The Bertz CT molecular complexity index is 1380. The Morgan fingerprint density at radius 1 is 0.707 bits per heavy atom. The summed E-state index contributed by atoms with van der Waals surface area (Å²) in [6.07, 6.45) is 4.36. The van der Waals surface area contributed by atoms with E-state index in [1.165, 1.54) is 12.8 Å². The van der Waals surface area contributed by atoms with Crippen LogP contribution in [0.5, 0.6) is 0 Å². The first-order valence-electron chi connectivity index (χ1n) is 14.2. The van der Waals surface area contributed by atoms with Gasteiger partial charge in [0.15, 0.2) is 24.8 Å². The summed E-state index contributed by atoms with van der Waals surface area (Å²) in [5.74, 6) is -0.898. The SMILES string of the molecule is C[C@@H]1CC[C@H](C)N1.C[C@H]1CC[C@@H](C(=O)OCC(=O)c2ccc3cc(-c4ccc(C(=O)COC=O)cc4)ccc3c2)N1. The number of fused-ring (bicyclic) bond motifs is 1. The first-order valence-corrected chi connectivity index (χ1v) is 14.2. The molecule has 0 bridgehead atoms. The third kappa shape index (κ3) is 8.31. The van der Waals surface area contributed by atoms with Crippen LogP contribution in [-0.2, 0) is 19.1 Å². The molecule has 8 heteroatoms. The molecule has 0 radical (unpaired) electrons. The molecule has 216 valence electrons. The quantitative estimate of drug-likeness (QED) is 0.217. The van der Waals surface area contributed by atoms with E-state index in [4.69, 9.17) is 4.74 Å². The molecule has 0 unspecified atom stereocenters. The first-order chi connectivity index (χ1) is 19.7. The van der Waals surface area contributed by atoms with Crippen molar-refractivity contribution in [1.29, 1.82) is 0 Å². The number of carbonyl (C=O) groups is 4. The second-order valence-electron chi connectivity index (χ2n) is 11.0. The summed E-state index contributed by atoms with van der Waals surface area (Å²) < 4.78 is 9.74. The predicted octanol–water partition coefficient (Wildman–Crippen LogP) is 4.88. The number of rotatable bonds is 9. The monoisotopic (exact) mass is 558 g/mol. The van der Waals surface area contributed by atoms with Gasteiger partial charge < -0.3 is 20.1 Å². The molecular weight excluding hydrogens is 520 g/mol. The molecule has 0 spiro atoms. The van der Waals surface area contributed by atoms with Crippen molar-refractivity contribution in [3.63, 3.8) is 0 Å². The molecule has 2 fully saturated rings. The van der Waals surface area contributed by atoms with Crippen LogP contribution in [0.4, 0.5) is 0 Å². The van der Waals surface area contributed by atoms with Crippen LogP contribution in [0.15, 0.2) is 60.7 Å². The lowest BCUT2D eigenvalue weighted by atomic mass is 9.98. The molecule has 0 amide bonds. The molecule has 3 aromatic carbocycles. The maximum atomic E-state index is 12.6. The Morgan fingerprint density at radius 2 is 1.27 bits per heavy atom. The number of carbonyl (C=O) groups excluding carboxylic acids is 4. The minimum atomic E-state index is -0.382. The van der Waals surface area contributed by atoms with Crippen LogP contribution in [0.25, 0.3) is 21.9 Å². The highest BCUT2D eigenvalue weighted by atomic mass is 16.5. The normalized spacial score (nSPS) is 21.5. The molecule has 2 aliphatic rings. The number of ether oxygens (including phenoxy) is 2. The number of Topliss-reactive ketones (excluding diaryl/α,β-unsaturated/α-hetero) is 2. The Balaban J connectivity index is 0.000000483. The highest BCUT2D eigenvalue weighted by Crippen LogP contribution is 2.26. The smallest absolute Gasteiger partial charge is 0.323 e. The average Bonchev–Trinajstić information content (AvgIpc) is 3.60. The fourth-order valence-electron chi connectivity index (χ4n) is 5.23. The van der Waals surface area contributed by atoms with Crippen LogP contribution >= 0.6 is 0 Å². The van der Waals surface area contributed by atoms with Crippen LogP contribution in [-0.4, -0.2) is 61.4 Å². The van der Waals surface area contributed by atoms with Crippen molar-refractivity contribution in [3.05, 3.63) is 71.8 Å². The third-order valence-corrected chi connectivity index (χ3v) is 7.59. The van der Waals surface area contributed by atoms with Crippen LogP contribution in [0.2, 0.25) is 0 Å². The largest absolute Gasteiger partial charge is 0.459 e. The molecule has 4 atom stereocenters. The number of nitrogens with one attached hydrogen (secondary N) is 2. The van der Waals surface area contributed by atoms with Crippen molar-refractivity contribution in [2.24, 2.45) is 0 Å². The van der Waals surface area contributed by atoms with Crippen LogP contribution in [0.3, 0.4) is 0 Å². The average molecular weight is 559 g/mol. The number of hydrogen-bond donors (Lipinski definition) is 2. The van der Waals surface area contributed by atoms with Gasteiger partial charge in [0.25, 0.3) is 6.47 Å². The topological polar surface area (TPSA) is 111 Å². The minimum absolute atomic E-state index is 0.246. The summed E-state index contributed by atoms with van der Waals surface area (Å²) in [5, 5.41) is 8.42. The molecule has 2 aliphatic heterocycles. The van der Waals surface area contributed by atoms with Crippen LogP contribution in [0.1, 0.15) is 67.2 Å². The number of hydrogen-bond acceptors (Lipinski definition) is 8. The molecule has 3 aromatic rings. The Kier molecular flexibility index (Phi) is 10.4. The van der Waals surface area contributed by atoms with Gasteiger partial charge in [-0.15, -0.1) is 0 Å². The molecular formula is C33H38N2O6. The van der Waals surface area contributed by atoms with E-state index in [9.17, 15) is 19.2 Å². The number of ketones is 2. The molecule has 41 heavy (non-hydrogen) atoms. The molecule has 8 nitrogen and oxygen atoms in total. The van der Waals surface area contributed by atoms with E-state index in [0.717, 1.165) is 46.8 Å². The zero-order chi connectivity index (χ0) is 29.4. The van der Waals surface area contributed by atoms with Gasteiger partial charge >= 0.3 is 5.97 Å². The predicted molar refractivity (Wildman–Crippen MR) is 158 cm³/mol. The summed E-state index contributed by atoms with van der Waals surface area (Å²) in [4.78, 5) is 46.9. The van der Waals surface area contributed by atoms with E-state index in [2.05, 4.69) is 29.2 Å². The van der Waals surface area contributed by atoms with Crippen molar-refractivity contribution in [3.8, 4) is 11.1 Å². The van der Waals surface area contributed by atoms with E-state index < -0.39 is 0 Å². The van der Waals surface area contributed by atoms with Crippen LogP contribution < -0.4 is 10.6 Å². The minimum Gasteiger partial charge on any atom is -0.459 e. The van der Waals surface area contributed by atoms with E-state index in [1.807, 2.05) is 43.3 Å². The lowest BCUT2D eigenvalue weighted by molar-refractivity contribution is -0.144. The Hall–Kier alpha value is -3.88. The molecule has 2 N–H and O–H groups in total. The fraction of sp³-hybridized carbons (Fsp3) is 0.394. The van der Waals surface area contributed by atoms with Crippen LogP contribution in [0, 0.1) is 0 Å². The zero-order valence-electron chi connectivity index (χ0n) is 23.9. The highest BCUT2D eigenvalue weighted by molar-refractivity contribution is 6.02. The van der Waals surface area contributed by atoms with Crippen molar-refractivity contribution >= 4 is 34.8 Å². The second-order valence-corrected chi connectivity index (χ2v) is 11.0. The van der Waals surface area contributed by atoms with Gasteiger partial charge in [0, 0.05) is 29.3 Å². The molecule has 0 aromatic heterocycles. The molecule has 0 aliphatic carbocycles. The Labute approximate surface area is 240 Å². The molecule has 0 saturated carbocycles. The second kappa shape index (κ2) is 14.1. The van der Waals surface area contributed by atoms with Gasteiger partial charge in [-0.2, -0.15) is 0 Å². The fourth-order valence-corrected chi connectivity index (χ4v) is 5.23. The van der Waals surface area contributed by atoms with Gasteiger partial charge in [0.05, 0.1) is 0 Å². The van der Waals surface area contributed by atoms with Gasteiger partial charge in [-0.25, -0.2) is 0 Å². The summed E-state index contributed by atoms with van der Waals surface area (Å²) in [6.45, 7) is 6.18. The van der Waals surface area contributed by atoms with Gasteiger partial charge in [-0.1, -0.05) is 48.5 Å². The van der Waals surface area contributed by atoms with Gasteiger partial charge in [-0.05, 0) is 80.5 Å². The summed E-state index contributed by atoms with van der Waals surface area (Å²) in [6, 6.07) is 19.8. The number of benzene rings is 3. The zero-order valence-corrected chi connectivity index (χ0v) is 23.9. The van der Waals surface area contributed by atoms with Gasteiger partial charge in [0.1, 0.15) is 6.04 Å². The van der Waals surface area contributed by atoms with E-state index in [-0.39, 0.29) is 49.3 Å². The molecule has 5 rings (SSSR count). The van der Waals surface area contributed by atoms with E-state index >= 15 is 0 Å². The van der Waals surface area contributed by atoms with E-state index in [0.29, 0.717) is 11.1 Å². The van der Waals surface area contributed by atoms with Crippen molar-refractivity contribution in [2.45, 2.75) is 70.6 Å². The van der Waals surface area contributed by atoms with Gasteiger partial charge in [0.2, 0.25) is 0 Å². The standard InChI is InChI=1S/C27H25NO6.C6H13N/c1-17-2-11-24(28-17)27(32)34-15-26(31)23-10-9-21-12-20(7-8-22(21)13-23)18-3-5-19(6-4-18)25(30)14-33-16-29;1-5-3-4-6(2)7-5/h3-10,12-13,16-17,24,28H,2,11,14-15H2,1H3;5-7H,3-4H2,1-2H3/t17-,24-;5-,6+/m0./s1. The van der Waals surface area contributed by atoms with Crippen molar-refractivity contribution < 1.29 is 28.7 Å². The van der Waals surface area contributed by atoms with Gasteiger partial charge in [-0.3, -0.25) is 19.2 Å². The lowest BCUT2D eigenvalue weighted by Crippen LogP contribution is -2.36. The number of esters is 1. The Morgan fingerprint density at radius 3 is 1.88 bits per heavy atom. The molecule has 2 saturated heterocycles. The maximum absolute atomic E-state index is 12.6. The molecule has 2 heterocycles.